The van der Waals surface area contributed by atoms with Gasteiger partial charge in [-0.05, 0) is 50.4 Å². The van der Waals surface area contributed by atoms with Gasteiger partial charge in [-0.1, -0.05) is 31.5 Å². The van der Waals surface area contributed by atoms with E-state index in [1.807, 2.05) is 18.2 Å². The van der Waals surface area contributed by atoms with Gasteiger partial charge in [0.25, 0.3) is 0 Å². The van der Waals surface area contributed by atoms with E-state index in [4.69, 9.17) is 11.6 Å². The zero-order valence-corrected chi connectivity index (χ0v) is 13.4. The zero-order chi connectivity index (χ0) is 14.1. The van der Waals surface area contributed by atoms with Gasteiger partial charge in [0, 0.05) is 21.7 Å². The largest absolute Gasteiger partial charge is 0.314 e. The van der Waals surface area contributed by atoms with Gasteiger partial charge in [0.15, 0.2) is 0 Å². The first-order valence-electron chi connectivity index (χ1n) is 7.04. The van der Waals surface area contributed by atoms with Crippen molar-refractivity contribution in [3.05, 3.63) is 29.3 Å². The van der Waals surface area contributed by atoms with Crippen LogP contribution in [0.5, 0.6) is 0 Å². The molecule has 4 heteroatoms. The first kappa shape index (κ1) is 16.7. The highest BCUT2D eigenvalue weighted by atomic mass is 35.5. The highest BCUT2D eigenvalue weighted by Gasteiger charge is 2.08. The molecule has 0 saturated heterocycles. The molecule has 0 heterocycles. The summed E-state index contributed by atoms with van der Waals surface area (Å²) in [5.74, 6) is 0.713. The summed E-state index contributed by atoms with van der Waals surface area (Å²) in [6.07, 6.45) is 4.35. The molecule has 0 aromatic heterocycles. The van der Waals surface area contributed by atoms with Crippen LogP contribution in [0.3, 0.4) is 0 Å². The number of halogens is 1. The number of nitrogens with one attached hydrogen (secondary N) is 1. The average Bonchev–Trinajstić information content (AvgIpc) is 2.42. The first-order chi connectivity index (χ1) is 9.17. The highest BCUT2D eigenvalue weighted by Crippen LogP contribution is 2.15. The molecule has 0 aliphatic rings. The van der Waals surface area contributed by atoms with Crippen molar-refractivity contribution in [2.24, 2.45) is 0 Å². The lowest BCUT2D eigenvalue weighted by molar-refractivity contribution is 0.464. The lowest BCUT2D eigenvalue weighted by Gasteiger charge is -2.16. The second-order valence-electron chi connectivity index (χ2n) is 4.71. The molecule has 1 rings (SSSR count). The van der Waals surface area contributed by atoms with Crippen LogP contribution in [0.15, 0.2) is 29.2 Å². The Labute approximate surface area is 124 Å². The summed E-state index contributed by atoms with van der Waals surface area (Å²) < 4.78 is 12.1. The molecule has 108 valence electrons. The minimum absolute atomic E-state index is 0.552. The number of rotatable bonds is 9. The van der Waals surface area contributed by atoms with Gasteiger partial charge in [0.05, 0.1) is 10.8 Å². The molecule has 1 aromatic rings. The maximum Gasteiger partial charge on any atom is 0.0530 e. The third-order valence-corrected chi connectivity index (χ3v) is 4.79. The average molecular weight is 302 g/mol. The Balaban J connectivity index is 2.34. The van der Waals surface area contributed by atoms with Gasteiger partial charge in [-0.25, -0.2) is 0 Å². The molecule has 0 aliphatic heterocycles. The van der Waals surface area contributed by atoms with Crippen molar-refractivity contribution < 1.29 is 4.21 Å². The first-order valence-corrected chi connectivity index (χ1v) is 8.74. The molecule has 2 atom stereocenters. The van der Waals surface area contributed by atoms with Gasteiger partial charge >= 0.3 is 0 Å². The maximum atomic E-state index is 12.1. The second-order valence-corrected chi connectivity index (χ2v) is 6.72. The lowest BCUT2D eigenvalue weighted by atomic mass is 10.1. The Bertz CT molecular complexity index is 397. The molecule has 2 unspecified atom stereocenters. The molecule has 0 fully saturated rings. The predicted octanol–water partition coefficient (Wildman–Crippen LogP) is 4.01. The SMILES string of the molecule is CCCNC(CC)CCCS(=O)c1cccc(Cl)c1. The van der Waals surface area contributed by atoms with Crippen LogP contribution in [0.4, 0.5) is 0 Å². The van der Waals surface area contributed by atoms with Crippen LogP contribution in [0, 0.1) is 0 Å². The van der Waals surface area contributed by atoms with E-state index < -0.39 is 10.8 Å². The molecule has 1 aromatic carbocycles. The Kier molecular flexibility index (Phi) is 8.35. The van der Waals surface area contributed by atoms with Crippen LogP contribution in [0.1, 0.15) is 39.5 Å². The van der Waals surface area contributed by atoms with Crippen molar-refractivity contribution in [1.82, 2.24) is 5.32 Å². The second kappa shape index (κ2) is 9.51. The van der Waals surface area contributed by atoms with Crippen LogP contribution in [-0.4, -0.2) is 22.5 Å². The fourth-order valence-electron chi connectivity index (χ4n) is 1.99. The highest BCUT2D eigenvalue weighted by molar-refractivity contribution is 7.85. The van der Waals surface area contributed by atoms with Crippen LogP contribution < -0.4 is 5.32 Å². The van der Waals surface area contributed by atoms with E-state index in [0.717, 1.165) is 37.1 Å². The topological polar surface area (TPSA) is 29.1 Å². The molecule has 0 saturated carbocycles. The smallest absolute Gasteiger partial charge is 0.0530 e. The summed E-state index contributed by atoms with van der Waals surface area (Å²) in [6, 6.07) is 7.90. The monoisotopic (exact) mass is 301 g/mol. The molecular weight excluding hydrogens is 278 g/mol. The van der Waals surface area contributed by atoms with E-state index in [9.17, 15) is 4.21 Å². The van der Waals surface area contributed by atoms with Gasteiger partial charge in [0.1, 0.15) is 0 Å². The van der Waals surface area contributed by atoms with Crippen molar-refractivity contribution in [2.45, 2.75) is 50.5 Å². The third-order valence-electron chi connectivity index (χ3n) is 3.12. The molecule has 0 bridgehead atoms. The molecule has 1 N–H and O–H groups in total. The van der Waals surface area contributed by atoms with Crippen molar-refractivity contribution in [3.8, 4) is 0 Å². The van der Waals surface area contributed by atoms with E-state index in [1.54, 1.807) is 6.07 Å². The van der Waals surface area contributed by atoms with E-state index in [1.165, 1.54) is 0 Å². The van der Waals surface area contributed by atoms with Gasteiger partial charge < -0.3 is 5.32 Å². The van der Waals surface area contributed by atoms with Gasteiger partial charge in [-0.3, -0.25) is 4.21 Å². The van der Waals surface area contributed by atoms with Gasteiger partial charge in [0.2, 0.25) is 0 Å². The number of hydrogen-bond donors (Lipinski definition) is 1. The normalized spacial score (nSPS) is 14.3. The lowest BCUT2D eigenvalue weighted by Crippen LogP contribution is -2.29. The fraction of sp³-hybridized carbons (Fsp3) is 0.600. The molecule has 0 radical (unpaired) electrons. The summed E-state index contributed by atoms with van der Waals surface area (Å²) in [5, 5.41) is 4.18. The van der Waals surface area contributed by atoms with Crippen molar-refractivity contribution in [1.29, 1.82) is 0 Å². The predicted molar refractivity (Wildman–Crippen MR) is 84.3 cm³/mol. The summed E-state index contributed by atoms with van der Waals surface area (Å²) >= 11 is 5.91. The number of benzene rings is 1. The van der Waals surface area contributed by atoms with E-state index in [0.29, 0.717) is 16.8 Å². The zero-order valence-electron chi connectivity index (χ0n) is 11.8. The molecular formula is C15H24ClNOS. The van der Waals surface area contributed by atoms with Crippen LogP contribution in [0.2, 0.25) is 5.02 Å². The third kappa shape index (κ3) is 6.55. The van der Waals surface area contributed by atoms with Gasteiger partial charge in [-0.15, -0.1) is 0 Å². The van der Waals surface area contributed by atoms with Crippen LogP contribution >= 0.6 is 11.6 Å². The summed E-state index contributed by atoms with van der Waals surface area (Å²) in [6.45, 7) is 5.44. The molecule has 0 amide bonds. The molecule has 0 spiro atoms. The van der Waals surface area contributed by atoms with Crippen LogP contribution in [-0.2, 0) is 10.8 Å². The van der Waals surface area contributed by atoms with Crippen molar-refractivity contribution in [2.75, 3.05) is 12.3 Å². The van der Waals surface area contributed by atoms with E-state index >= 15 is 0 Å². The van der Waals surface area contributed by atoms with Crippen molar-refractivity contribution in [3.63, 3.8) is 0 Å². The molecule has 0 aliphatic carbocycles. The minimum Gasteiger partial charge on any atom is -0.314 e. The van der Waals surface area contributed by atoms with E-state index in [-0.39, 0.29) is 0 Å². The Hall–Kier alpha value is -0.380. The van der Waals surface area contributed by atoms with E-state index in [2.05, 4.69) is 19.2 Å². The summed E-state index contributed by atoms with van der Waals surface area (Å²) in [4.78, 5) is 0.835. The quantitative estimate of drug-likeness (QED) is 0.747. The fourth-order valence-corrected chi connectivity index (χ4v) is 3.39. The summed E-state index contributed by atoms with van der Waals surface area (Å²) in [5.41, 5.74) is 0. The molecule has 2 nitrogen and oxygen atoms in total. The Morgan fingerprint density at radius 2 is 2.16 bits per heavy atom. The van der Waals surface area contributed by atoms with Gasteiger partial charge in [-0.2, -0.15) is 0 Å². The maximum absolute atomic E-state index is 12.1. The van der Waals surface area contributed by atoms with Crippen LogP contribution in [0.25, 0.3) is 0 Å². The standard InChI is InChI=1S/C15H24ClNOS/c1-3-10-17-14(4-2)8-6-11-19(18)15-9-5-7-13(16)12-15/h5,7,9,12,14,17H,3-4,6,8,10-11H2,1-2H3. The van der Waals surface area contributed by atoms with Crippen molar-refractivity contribution >= 4 is 22.4 Å². The Morgan fingerprint density at radius 3 is 2.79 bits per heavy atom. The summed E-state index contributed by atoms with van der Waals surface area (Å²) in [7, 11) is -0.930. The molecule has 19 heavy (non-hydrogen) atoms. The Morgan fingerprint density at radius 1 is 1.37 bits per heavy atom. The number of hydrogen-bond acceptors (Lipinski definition) is 2. The minimum atomic E-state index is -0.930.